The lowest BCUT2D eigenvalue weighted by molar-refractivity contribution is 0.0148. The number of fused-ring (bicyclic) bond motifs is 2. The molecule has 0 saturated carbocycles. The summed E-state index contributed by atoms with van der Waals surface area (Å²) in [6.07, 6.45) is 3.24. The standard InChI is InChI=1S/C45H56BrClFN5O6/c1-7-35-39(40(49-51(35)6)36(19-22-52-23-26-57-27-24-52)50(5)44(56)59-45(2,3)4)38-34(47)18-17-33-32(42(43(54)55)53(41(33)38)21-9-8-20-46)13-11-25-58-37-14-10-12-29-28-30(48)15-16-31(29)37/h10,12,14-18,28,36H,7-9,11,13,19-27H2,1-6H3,(H,54,55). The molecule has 14 heteroatoms. The Morgan fingerprint density at radius 2 is 1.80 bits per heavy atom. The molecule has 0 bridgehead atoms. The molecule has 0 aliphatic carbocycles. The Morgan fingerprint density at radius 1 is 1.05 bits per heavy atom. The SMILES string of the molecule is CCc1c(-c2c(Cl)ccc3c(CCCOc4cccc5cc(F)ccc45)c(C(=O)O)n(CCCCBr)c23)c(C(CCN2CCOCC2)N(C)C(=O)OC(C)(C)C)nn1C. The summed E-state index contributed by atoms with van der Waals surface area (Å²) in [5.41, 5.74) is 4.02. The van der Waals surface area contributed by atoms with Gasteiger partial charge in [-0.15, -0.1) is 0 Å². The first-order chi connectivity index (χ1) is 28.2. The van der Waals surface area contributed by atoms with Crippen molar-refractivity contribution in [3.8, 4) is 16.9 Å². The summed E-state index contributed by atoms with van der Waals surface area (Å²) in [6.45, 7) is 12.0. The number of aromatic carboxylic acids is 1. The van der Waals surface area contributed by atoms with Crippen LogP contribution in [0.2, 0.25) is 5.02 Å². The molecule has 0 spiro atoms. The number of hydrogen-bond acceptors (Lipinski definition) is 7. The summed E-state index contributed by atoms with van der Waals surface area (Å²) in [7, 11) is 3.66. The molecule has 3 heterocycles. The van der Waals surface area contributed by atoms with Crippen molar-refractivity contribution in [2.24, 2.45) is 7.05 Å². The van der Waals surface area contributed by atoms with Crippen molar-refractivity contribution >= 4 is 61.3 Å². The third kappa shape index (κ3) is 10.1. The van der Waals surface area contributed by atoms with E-state index in [1.165, 1.54) is 12.1 Å². The van der Waals surface area contributed by atoms with E-state index in [-0.39, 0.29) is 11.5 Å². The molecular weight excluding hydrogens is 841 g/mol. The topological polar surface area (TPSA) is 111 Å². The van der Waals surface area contributed by atoms with E-state index < -0.39 is 23.7 Å². The van der Waals surface area contributed by atoms with Crippen LogP contribution in [-0.4, -0.2) is 98.8 Å². The van der Waals surface area contributed by atoms with Crippen molar-refractivity contribution in [1.82, 2.24) is 24.1 Å². The van der Waals surface area contributed by atoms with E-state index in [0.29, 0.717) is 86.2 Å². The Bertz CT molecular complexity index is 2280. The van der Waals surface area contributed by atoms with Crippen molar-refractivity contribution in [1.29, 1.82) is 0 Å². The molecule has 1 aliphatic rings. The number of aryl methyl sites for hydroxylation is 3. The summed E-state index contributed by atoms with van der Waals surface area (Å²) in [5.74, 6) is -0.696. The van der Waals surface area contributed by atoms with Gasteiger partial charge in [-0.05, 0) is 101 Å². The summed E-state index contributed by atoms with van der Waals surface area (Å²) in [5, 5.41) is 19.7. The van der Waals surface area contributed by atoms with Crippen molar-refractivity contribution in [2.45, 2.75) is 84.4 Å². The van der Waals surface area contributed by atoms with Gasteiger partial charge in [0.15, 0.2) is 0 Å². The van der Waals surface area contributed by atoms with Crippen LogP contribution >= 0.6 is 27.5 Å². The van der Waals surface area contributed by atoms with Crippen LogP contribution in [-0.2, 0) is 35.9 Å². The van der Waals surface area contributed by atoms with Gasteiger partial charge in [0.25, 0.3) is 0 Å². The van der Waals surface area contributed by atoms with Gasteiger partial charge in [-0.25, -0.2) is 14.0 Å². The number of alkyl halides is 1. The zero-order valence-electron chi connectivity index (χ0n) is 35.0. The first kappa shape index (κ1) is 44.4. The third-order valence-corrected chi connectivity index (χ3v) is 11.8. The Hall–Kier alpha value is -4.17. The molecule has 1 saturated heterocycles. The molecule has 59 heavy (non-hydrogen) atoms. The van der Waals surface area contributed by atoms with Crippen LogP contribution in [0.15, 0.2) is 48.5 Å². The van der Waals surface area contributed by atoms with Crippen LogP contribution < -0.4 is 4.74 Å². The molecule has 6 rings (SSSR count). The van der Waals surface area contributed by atoms with Gasteiger partial charge in [-0.1, -0.05) is 52.7 Å². The van der Waals surface area contributed by atoms with E-state index in [9.17, 15) is 19.1 Å². The predicted molar refractivity (Wildman–Crippen MR) is 235 cm³/mol. The molecule has 2 aromatic heterocycles. The Balaban J connectivity index is 1.47. The van der Waals surface area contributed by atoms with Gasteiger partial charge in [0.1, 0.15) is 22.9 Å². The lowest BCUT2D eigenvalue weighted by Gasteiger charge is -2.33. The number of carbonyl (C=O) groups excluding carboxylic acids is 1. The fourth-order valence-corrected chi connectivity index (χ4v) is 8.84. The van der Waals surface area contributed by atoms with E-state index in [1.54, 1.807) is 18.0 Å². The predicted octanol–water partition coefficient (Wildman–Crippen LogP) is 10.1. The molecule has 11 nitrogen and oxygen atoms in total. The molecule has 5 aromatic rings. The van der Waals surface area contributed by atoms with E-state index in [0.717, 1.165) is 64.2 Å². The highest BCUT2D eigenvalue weighted by atomic mass is 79.9. The summed E-state index contributed by atoms with van der Waals surface area (Å²) in [6, 6.07) is 13.4. The first-order valence-electron chi connectivity index (χ1n) is 20.5. The highest BCUT2D eigenvalue weighted by Gasteiger charge is 2.35. The average molecular weight is 897 g/mol. The molecule has 1 amide bonds. The smallest absolute Gasteiger partial charge is 0.410 e. The maximum Gasteiger partial charge on any atom is 0.410 e. The lowest BCUT2D eigenvalue weighted by atomic mass is 9.93. The lowest BCUT2D eigenvalue weighted by Crippen LogP contribution is -2.41. The number of carbonyl (C=O) groups is 2. The highest BCUT2D eigenvalue weighted by Crippen LogP contribution is 2.45. The van der Waals surface area contributed by atoms with Crippen molar-refractivity contribution < 1.29 is 33.3 Å². The number of nitrogens with zero attached hydrogens (tertiary/aromatic N) is 5. The number of ether oxygens (including phenoxy) is 3. The molecule has 318 valence electrons. The Morgan fingerprint density at radius 3 is 2.49 bits per heavy atom. The van der Waals surface area contributed by atoms with Gasteiger partial charge in [-0.3, -0.25) is 9.58 Å². The van der Waals surface area contributed by atoms with E-state index in [2.05, 4.69) is 27.8 Å². The van der Waals surface area contributed by atoms with E-state index >= 15 is 0 Å². The van der Waals surface area contributed by atoms with Gasteiger partial charge in [0.2, 0.25) is 0 Å². The van der Waals surface area contributed by atoms with Crippen LogP contribution in [0, 0.1) is 5.82 Å². The number of hydrogen-bond donors (Lipinski definition) is 1. The van der Waals surface area contributed by atoms with Crippen molar-refractivity contribution in [3.05, 3.63) is 82.0 Å². The number of amides is 1. The normalized spacial score (nSPS) is 14.3. The number of carboxylic acid groups (broad SMARTS) is 1. The van der Waals surface area contributed by atoms with Gasteiger partial charge in [-0.2, -0.15) is 5.10 Å². The van der Waals surface area contributed by atoms with Crippen LogP contribution in [0.3, 0.4) is 0 Å². The van der Waals surface area contributed by atoms with Gasteiger partial charge in [0, 0.05) is 73.2 Å². The number of halogens is 3. The molecule has 1 N–H and O–H groups in total. The van der Waals surface area contributed by atoms with Crippen LogP contribution in [0.25, 0.3) is 32.8 Å². The minimum Gasteiger partial charge on any atom is -0.493 e. The molecule has 0 radical (unpaired) electrons. The zero-order valence-corrected chi connectivity index (χ0v) is 37.3. The van der Waals surface area contributed by atoms with Crippen molar-refractivity contribution in [3.63, 3.8) is 0 Å². The monoisotopic (exact) mass is 895 g/mol. The number of aromatic nitrogens is 3. The van der Waals surface area contributed by atoms with E-state index in [1.807, 2.05) is 67.4 Å². The molecule has 1 aliphatic heterocycles. The number of benzene rings is 3. The fraction of sp³-hybridized carbons (Fsp3) is 0.489. The van der Waals surface area contributed by atoms with Crippen LogP contribution in [0.5, 0.6) is 5.75 Å². The first-order valence-corrected chi connectivity index (χ1v) is 22.0. The second kappa shape index (κ2) is 19.5. The zero-order chi connectivity index (χ0) is 42.4. The molecule has 1 atom stereocenters. The Kier molecular flexibility index (Phi) is 14.7. The Labute approximate surface area is 359 Å². The van der Waals surface area contributed by atoms with Crippen molar-refractivity contribution in [2.75, 3.05) is 51.8 Å². The minimum absolute atomic E-state index is 0.219. The van der Waals surface area contributed by atoms with Crippen LogP contribution in [0.1, 0.15) is 86.9 Å². The van der Waals surface area contributed by atoms with Crippen LogP contribution in [0.4, 0.5) is 9.18 Å². The summed E-state index contributed by atoms with van der Waals surface area (Å²) in [4.78, 5) is 31.2. The quantitative estimate of drug-likeness (QED) is 0.0726. The fourth-order valence-electron chi connectivity index (χ4n) is 8.20. The number of carboxylic acids is 1. The van der Waals surface area contributed by atoms with Gasteiger partial charge >= 0.3 is 12.1 Å². The minimum atomic E-state index is -1.02. The molecule has 1 fully saturated rings. The largest absolute Gasteiger partial charge is 0.493 e. The number of unbranched alkanes of at least 4 members (excludes halogenated alkanes) is 1. The second-order valence-corrected chi connectivity index (χ2v) is 17.3. The van der Waals surface area contributed by atoms with Gasteiger partial charge in [0.05, 0.1) is 42.1 Å². The molecule has 3 aromatic carbocycles. The maximum absolute atomic E-state index is 14.0. The second-order valence-electron chi connectivity index (χ2n) is 16.1. The molecular formula is C45H56BrClFN5O6. The number of morpholine rings is 1. The summed E-state index contributed by atoms with van der Waals surface area (Å²) < 4.78 is 35.5. The highest BCUT2D eigenvalue weighted by molar-refractivity contribution is 9.09. The third-order valence-electron chi connectivity index (χ3n) is 10.9. The van der Waals surface area contributed by atoms with Gasteiger partial charge < -0.3 is 28.8 Å². The maximum atomic E-state index is 14.0. The van der Waals surface area contributed by atoms with E-state index in [4.69, 9.17) is 30.9 Å². The number of rotatable bonds is 17. The summed E-state index contributed by atoms with van der Waals surface area (Å²) >= 11 is 10.9. The average Bonchev–Trinajstić information content (AvgIpc) is 3.69. The molecule has 1 unspecified atom stereocenters.